The number of rotatable bonds is 2. The topological polar surface area (TPSA) is 77.4 Å². The highest BCUT2D eigenvalue weighted by atomic mass is 16.2. The first-order valence-electron chi connectivity index (χ1n) is 9.85. The van der Waals surface area contributed by atoms with E-state index in [1.54, 1.807) is 19.1 Å². The zero-order valence-corrected chi connectivity index (χ0v) is 17.3. The van der Waals surface area contributed by atoms with Gasteiger partial charge in [-0.15, -0.1) is 0 Å². The monoisotopic (exact) mass is 402 g/mol. The van der Waals surface area contributed by atoms with Gasteiger partial charge in [0.15, 0.2) is 11.2 Å². The van der Waals surface area contributed by atoms with Gasteiger partial charge >= 0.3 is 5.69 Å². The van der Waals surface area contributed by atoms with E-state index in [1.807, 2.05) is 60.9 Å². The van der Waals surface area contributed by atoms with E-state index in [4.69, 9.17) is 0 Å². The van der Waals surface area contributed by atoms with Gasteiger partial charge in [0.05, 0.1) is 18.3 Å². The molecule has 0 bridgehead atoms. The summed E-state index contributed by atoms with van der Waals surface area (Å²) < 4.78 is 4.62. The van der Waals surface area contributed by atoms with Gasteiger partial charge in [-0.05, 0) is 30.2 Å². The maximum absolute atomic E-state index is 13.6. The third-order valence-electron chi connectivity index (χ3n) is 5.95. The molecule has 1 aliphatic heterocycles. The highest BCUT2D eigenvalue weighted by Crippen LogP contribution is 2.28. The van der Waals surface area contributed by atoms with E-state index in [9.17, 15) is 9.59 Å². The minimum absolute atomic E-state index is 0.127. The summed E-state index contributed by atoms with van der Waals surface area (Å²) in [5.41, 5.74) is 1.86. The van der Waals surface area contributed by atoms with Crippen LogP contribution in [0.4, 0.5) is 5.95 Å². The van der Waals surface area contributed by atoms with Crippen LogP contribution < -0.4 is 16.3 Å². The first-order valence-corrected chi connectivity index (χ1v) is 9.85. The summed E-state index contributed by atoms with van der Waals surface area (Å²) in [7, 11) is 3.45. The van der Waals surface area contributed by atoms with Crippen molar-refractivity contribution < 1.29 is 0 Å². The number of anilines is 1. The second-order valence-electron chi connectivity index (χ2n) is 7.77. The van der Waals surface area contributed by atoms with Gasteiger partial charge in [0.2, 0.25) is 5.95 Å². The summed E-state index contributed by atoms with van der Waals surface area (Å²) in [5.74, 6) is 0.554. The Morgan fingerprint density at radius 1 is 1.03 bits per heavy atom. The molecule has 0 saturated heterocycles. The van der Waals surface area contributed by atoms with Gasteiger partial charge in [0.1, 0.15) is 0 Å². The Morgan fingerprint density at radius 3 is 2.57 bits per heavy atom. The molecule has 8 nitrogen and oxygen atoms in total. The molecule has 152 valence electrons. The van der Waals surface area contributed by atoms with E-state index in [2.05, 4.69) is 10.1 Å². The van der Waals surface area contributed by atoms with E-state index in [-0.39, 0.29) is 23.8 Å². The zero-order chi connectivity index (χ0) is 21.2. The molecule has 0 saturated carbocycles. The van der Waals surface area contributed by atoms with Gasteiger partial charge in [-0.3, -0.25) is 18.5 Å². The lowest BCUT2D eigenvalue weighted by Gasteiger charge is -2.26. The van der Waals surface area contributed by atoms with Gasteiger partial charge in [-0.2, -0.15) is 10.1 Å². The van der Waals surface area contributed by atoms with Gasteiger partial charge < -0.3 is 0 Å². The Hall–Kier alpha value is -3.68. The molecule has 8 heteroatoms. The predicted octanol–water partition coefficient (Wildman–Crippen LogP) is 2.48. The molecule has 3 heterocycles. The maximum atomic E-state index is 13.6. The van der Waals surface area contributed by atoms with Crippen molar-refractivity contribution in [2.45, 2.75) is 26.4 Å². The number of fused-ring (bicyclic) bond motifs is 4. The van der Waals surface area contributed by atoms with Crippen molar-refractivity contribution in [3.8, 4) is 0 Å². The molecule has 0 amide bonds. The fourth-order valence-electron chi connectivity index (χ4n) is 4.22. The molecule has 2 aromatic heterocycles. The number of hydrazone groups is 1. The fourth-order valence-corrected chi connectivity index (χ4v) is 4.22. The summed E-state index contributed by atoms with van der Waals surface area (Å²) in [6.45, 7) is 4.10. The molecule has 1 aliphatic rings. The van der Waals surface area contributed by atoms with Gasteiger partial charge in [-0.1, -0.05) is 42.5 Å². The van der Waals surface area contributed by atoms with Crippen molar-refractivity contribution in [3.63, 3.8) is 0 Å². The molecule has 2 aromatic carbocycles. The van der Waals surface area contributed by atoms with Crippen LogP contribution in [0.3, 0.4) is 0 Å². The second kappa shape index (κ2) is 6.41. The van der Waals surface area contributed by atoms with Crippen LogP contribution in [-0.2, 0) is 13.6 Å². The average molecular weight is 402 g/mol. The van der Waals surface area contributed by atoms with Crippen molar-refractivity contribution in [2.75, 3.05) is 12.1 Å². The Balaban J connectivity index is 1.79. The standard InChI is InChI=1S/C22H22N6O2/c1-13-14(2)28-18-19(23-21(28)26(4)24-13)25(3)22(30)27(20(18)29)12-16-10-7-9-15-8-5-6-11-17(15)16/h5-11,14H,12H2,1-4H3/t14-/m1/s1. The van der Waals surface area contributed by atoms with E-state index < -0.39 is 0 Å². The van der Waals surface area contributed by atoms with Crippen molar-refractivity contribution in [3.05, 3.63) is 68.9 Å². The van der Waals surface area contributed by atoms with Gasteiger partial charge in [0, 0.05) is 14.1 Å². The first-order chi connectivity index (χ1) is 14.4. The molecule has 0 unspecified atom stereocenters. The van der Waals surface area contributed by atoms with Crippen molar-refractivity contribution in [2.24, 2.45) is 12.1 Å². The number of imidazole rings is 1. The largest absolute Gasteiger partial charge is 0.332 e. The van der Waals surface area contributed by atoms with Crippen LogP contribution in [0.15, 0.2) is 57.2 Å². The number of aromatic nitrogens is 4. The lowest BCUT2D eigenvalue weighted by molar-refractivity contribution is 0.639. The molecule has 4 aromatic rings. The number of nitrogens with zero attached hydrogens (tertiary/aromatic N) is 6. The van der Waals surface area contributed by atoms with Crippen molar-refractivity contribution in [1.82, 2.24) is 18.7 Å². The molecule has 30 heavy (non-hydrogen) atoms. The van der Waals surface area contributed by atoms with Crippen LogP contribution in [0.25, 0.3) is 21.9 Å². The molecule has 0 radical (unpaired) electrons. The van der Waals surface area contributed by atoms with Crippen LogP contribution in [-0.4, -0.2) is 31.4 Å². The highest BCUT2D eigenvalue weighted by molar-refractivity contribution is 5.91. The van der Waals surface area contributed by atoms with Crippen LogP contribution in [0, 0.1) is 0 Å². The van der Waals surface area contributed by atoms with Crippen LogP contribution >= 0.6 is 0 Å². The molecule has 0 spiro atoms. The highest BCUT2D eigenvalue weighted by Gasteiger charge is 2.29. The van der Waals surface area contributed by atoms with Gasteiger partial charge in [-0.25, -0.2) is 9.80 Å². The summed E-state index contributed by atoms with van der Waals surface area (Å²) in [4.78, 5) is 31.3. The molecule has 0 fully saturated rings. The third-order valence-corrected chi connectivity index (χ3v) is 5.95. The molecule has 0 N–H and O–H groups in total. The number of benzene rings is 2. The summed E-state index contributed by atoms with van der Waals surface area (Å²) in [6.07, 6.45) is 0. The van der Waals surface area contributed by atoms with Gasteiger partial charge in [0.25, 0.3) is 5.56 Å². The normalized spacial score (nSPS) is 16.2. The van der Waals surface area contributed by atoms with E-state index in [1.165, 1.54) is 9.13 Å². The molecule has 5 rings (SSSR count). The van der Waals surface area contributed by atoms with Crippen molar-refractivity contribution >= 4 is 33.6 Å². The lowest BCUT2D eigenvalue weighted by Crippen LogP contribution is -2.40. The quantitative estimate of drug-likeness (QED) is 0.516. The number of hydrogen-bond acceptors (Lipinski definition) is 5. The third kappa shape index (κ3) is 2.46. The molecule has 1 atom stereocenters. The van der Waals surface area contributed by atoms with Crippen LogP contribution in [0.1, 0.15) is 25.5 Å². The summed E-state index contributed by atoms with van der Waals surface area (Å²) in [5, 5.41) is 8.23. The Kier molecular flexibility index (Phi) is 3.92. The first kappa shape index (κ1) is 18.4. The molecular formula is C22H22N6O2. The maximum Gasteiger partial charge on any atom is 0.332 e. The van der Waals surface area contributed by atoms with E-state index in [0.29, 0.717) is 17.1 Å². The Morgan fingerprint density at radius 2 is 1.77 bits per heavy atom. The SMILES string of the molecule is CC1=NN(C)c2nc3c(c(=O)n(Cc4cccc5ccccc45)c(=O)n3C)n2[C@@H]1C. The van der Waals surface area contributed by atoms with E-state index in [0.717, 1.165) is 22.0 Å². The van der Waals surface area contributed by atoms with Crippen molar-refractivity contribution in [1.29, 1.82) is 0 Å². The second-order valence-corrected chi connectivity index (χ2v) is 7.77. The smallest absolute Gasteiger partial charge is 0.294 e. The van der Waals surface area contributed by atoms with Crippen LogP contribution in [0.2, 0.25) is 0 Å². The fraction of sp³-hybridized carbons (Fsp3) is 0.273. The zero-order valence-electron chi connectivity index (χ0n) is 17.3. The Bertz CT molecular complexity index is 1470. The Labute approximate surface area is 172 Å². The lowest BCUT2D eigenvalue weighted by atomic mass is 10.0. The number of hydrogen-bond donors (Lipinski definition) is 0. The molecule has 0 aliphatic carbocycles. The summed E-state index contributed by atoms with van der Waals surface area (Å²) in [6, 6.07) is 13.8. The minimum Gasteiger partial charge on any atom is -0.294 e. The average Bonchev–Trinajstić information content (AvgIpc) is 3.15. The predicted molar refractivity (Wildman–Crippen MR) is 119 cm³/mol. The minimum atomic E-state index is -0.385. The summed E-state index contributed by atoms with van der Waals surface area (Å²) >= 11 is 0. The van der Waals surface area contributed by atoms with E-state index >= 15 is 0 Å². The molecular weight excluding hydrogens is 380 g/mol. The van der Waals surface area contributed by atoms with Crippen LogP contribution in [0.5, 0.6) is 0 Å². The number of aryl methyl sites for hydroxylation is 1.